The van der Waals surface area contributed by atoms with Gasteiger partial charge in [-0.1, -0.05) is 36.4 Å². The Balaban J connectivity index is 1.80. The number of hydrogen-bond donors (Lipinski definition) is 2. The third kappa shape index (κ3) is 3.63. The molecular weight excluding hydrogens is 318 g/mol. The molecule has 0 saturated carbocycles. The number of carbonyl (C=O) groups excluding carboxylic acids is 1. The van der Waals surface area contributed by atoms with E-state index in [-0.39, 0.29) is 18.6 Å². The Morgan fingerprint density at radius 1 is 1.20 bits per heavy atom. The Morgan fingerprint density at radius 2 is 1.92 bits per heavy atom. The molecule has 0 bridgehead atoms. The summed E-state index contributed by atoms with van der Waals surface area (Å²) < 4.78 is 0. The minimum Gasteiger partial charge on any atom is -0.481 e. The van der Waals surface area contributed by atoms with Gasteiger partial charge >= 0.3 is 12.0 Å². The Kier molecular flexibility index (Phi) is 4.70. The summed E-state index contributed by atoms with van der Waals surface area (Å²) in [5.41, 5.74) is 0.780. The van der Waals surface area contributed by atoms with Crippen LogP contribution in [0.2, 0.25) is 0 Å². The molecule has 0 aliphatic carbocycles. The third-order valence-corrected chi connectivity index (χ3v) is 4.66. The summed E-state index contributed by atoms with van der Waals surface area (Å²) in [6.45, 7) is 2.31. The number of carbonyl (C=O) groups is 2. The molecule has 6 heteroatoms. The minimum atomic E-state index is -0.884. The van der Waals surface area contributed by atoms with Crippen molar-refractivity contribution in [1.29, 1.82) is 0 Å². The van der Waals surface area contributed by atoms with Crippen molar-refractivity contribution in [3.63, 3.8) is 0 Å². The van der Waals surface area contributed by atoms with Crippen molar-refractivity contribution < 1.29 is 14.7 Å². The number of nitrogens with zero attached hydrogens (tertiary/aromatic N) is 2. The van der Waals surface area contributed by atoms with Crippen LogP contribution in [0, 0.1) is 5.41 Å². The van der Waals surface area contributed by atoms with Gasteiger partial charge < -0.3 is 15.3 Å². The maximum absolute atomic E-state index is 12.7. The predicted molar refractivity (Wildman–Crippen MR) is 93.0 cm³/mol. The number of amides is 2. The van der Waals surface area contributed by atoms with Crippen molar-refractivity contribution in [2.75, 3.05) is 13.1 Å². The molecule has 2 unspecified atom stereocenters. The van der Waals surface area contributed by atoms with Gasteiger partial charge in [-0.3, -0.25) is 9.78 Å². The number of aromatic nitrogens is 1. The van der Waals surface area contributed by atoms with Gasteiger partial charge in [0.05, 0.1) is 17.2 Å². The van der Waals surface area contributed by atoms with Crippen molar-refractivity contribution in [2.45, 2.75) is 19.4 Å². The quantitative estimate of drug-likeness (QED) is 0.897. The smallest absolute Gasteiger partial charge is 0.318 e. The zero-order valence-corrected chi connectivity index (χ0v) is 14.1. The van der Waals surface area contributed by atoms with E-state index in [1.807, 2.05) is 48.5 Å². The first-order valence-electron chi connectivity index (χ1n) is 8.24. The molecule has 2 heterocycles. The molecule has 1 aliphatic rings. The van der Waals surface area contributed by atoms with E-state index in [0.717, 1.165) is 11.3 Å². The lowest BCUT2D eigenvalue weighted by Gasteiger charge is -2.24. The second-order valence-corrected chi connectivity index (χ2v) is 6.59. The summed E-state index contributed by atoms with van der Waals surface area (Å²) >= 11 is 0. The van der Waals surface area contributed by atoms with Crippen molar-refractivity contribution in [3.8, 4) is 0 Å². The zero-order chi connectivity index (χ0) is 17.9. The van der Waals surface area contributed by atoms with E-state index in [1.54, 1.807) is 18.0 Å². The van der Waals surface area contributed by atoms with Gasteiger partial charge in [0.1, 0.15) is 0 Å². The van der Waals surface area contributed by atoms with E-state index in [2.05, 4.69) is 10.3 Å². The van der Waals surface area contributed by atoms with E-state index in [1.165, 1.54) is 0 Å². The molecule has 25 heavy (non-hydrogen) atoms. The molecule has 1 saturated heterocycles. The maximum atomic E-state index is 12.7. The highest BCUT2D eigenvalue weighted by atomic mass is 16.4. The molecular formula is C19H21N3O3. The summed E-state index contributed by atoms with van der Waals surface area (Å²) in [5, 5.41) is 12.3. The number of urea groups is 1. The molecule has 2 amide bonds. The van der Waals surface area contributed by atoms with Gasteiger partial charge in [-0.25, -0.2) is 4.79 Å². The summed E-state index contributed by atoms with van der Waals surface area (Å²) in [6.07, 6.45) is 2.14. The highest BCUT2D eigenvalue weighted by molar-refractivity contribution is 5.80. The number of aliphatic carboxylic acids is 1. The number of nitrogens with one attached hydrogen (secondary N) is 1. The van der Waals surface area contributed by atoms with E-state index < -0.39 is 11.4 Å². The van der Waals surface area contributed by atoms with Gasteiger partial charge in [0.2, 0.25) is 0 Å². The number of carboxylic acid groups (broad SMARTS) is 1. The van der Waals surface area contributed by atoms with E-state index in [9.17, 15) is 14.7 Å². The van der Waals surface area contributed by atoms with Crippen LogP contribution in [0.25, 0.3) is 0 Å². The van der Waals surface area contributed by atoms with Gasteiger partial charge in [-0.15, -0.1) is 0 Å². The number of likely N-dealkylation sites (tertiary alicyclic amines) is 1. The minimum absolute atomic E-state index is 0.206. The molecule has 2 atom stereocenters. The number of rotatable bonds is 4. The highest BCUT2D eigenvalue weighted by Gasteiger charge is 2.42. The molecule has 1 fully saturated rings. The topological polar surface area (TPSA) is 82.5 Å². The second-order valence-electron chi connectivity index (χ2n) is 6.59. The van der Waals surface area contributed by atoms with Crippen molar-refractivity contribution in [3.05, 3.63) is 66.0 Å². The number of hydrogen-bond acceptors (Lipinski definition) is 3. The number of carboxylic acids is 1. The first kappa shape index (κ1) is 17.0. The molecule has 1 aromatic carbocycles. The van der Waals surface area contributed by atoms with Crippen LogP contribution in [-0.4, -0.2) is 40.1 Å². The molecule has 1 aromatic heterocycles. The van der Waals surface area contributed by atoms with Crippen LogP contribution in [0.1, 0.15) is 30.6 Å². The van der Waals surface area contributed by atoms with Gasteiger partial charge in [-0.05, 0) is 31.0 Å². The lowest BCUT2D eigenvalue weighted by molar-refractivity contribution is -0.147. The van der Waals surface area contributed by atoms with Gasteiger partial charge in [0.25, 0.3) is 0 Å². The number of pyridine rings is 1. The monoisotopic (exact) mass is 339 g/mol. The van der Waals surface area contributed by atoms with Crippen molar-refractivity contribution in [2.24, 2.45) is 5.41 Å². The Bertz CT molecular complexity index is 712. The fourth-order valence-electron chi connectivity index (χ4n) is 3.04. The lowest BCUT2D eigenvalue weighted by atomic mass is 9.90. The summed E-state index contributed by atoms with van der Waals surface area (Å²) in [6, 6.07) is 14.5. The molecule has 2 aromatic rings. The van der Waals surface area contributed by atoms with Crippen LogP contribution >= 0.6 is 0 Å². The number of benzene rings is 1. The summed E-state index contributed by atoms with van der Waals surface area (Å²) in [4.78, 5) is 30.0. The van der Waals surface area contributed by atoms with Crippen LogP contribution < -0.4 is 5.32 Å². The van der Waals surface area contributed by atoms with Gasteiger partial charge in [0.15, 0.2) is 0 Å². The van der Waals surface area contributed by atoms with Gasteiger partial charge in [0, 0.05) is 19.3 Å². The Labute approximate surface area is 146 Å². The first-order chi connectivity index (χ1) is 12.0. The average Bonchev–Trinajstić information content (AvgIpc) is 3.05. The molecule has 1 aliphatic heterocycles. The molecule has 0 spiro atoms. The largest absolute Gasteiger partial charge is 0.481 e. The standard InChI is InChI=1S/C19H21N3O3/c1-19(17(23)24)10-12-22(13-19)18(25)21-16(14-7-3-2-4-8-14)15-9-5-6-11-20-15/h2-9,11,16H,10,12-13H2,1H3,(H,21,25)(H,23,24). The maximum Gasteiger partial charge on any atom is 0.318 e. The predicted octanol–water partition coefficient (Wildman–Crippen LogP) is 2.68. The second kappa shape index (κ2) is 6.93. The van der Waals surface area contributed by atoms with Crippen LogP contribution in [0.15, 0.2) is 54.7 Å². The normalized spacial score (nSPS) is 20.9. The lowest BCUT2D eigenvalue weighted by Crippen LogP contribution is -2.42. The third-order valence-electron chi connectivity index (χ3n) is 4.66. The first-order valence-corrected chi connectivity index (χ1v) is 8.24. The molecule has 0 radical (unpaired) electrons. The Morgan fingerprint density at radius 3 is 2.52 bits per heavy atom. The van der Waals surface area contributed by atoms with Crippen molar-refractivity contribution in [1.82, 2.24) is 15.2 Å². The van der Waals surface area contributed by atoms with E-state index >= 15 is 0 Å². The van der Waals surface area contributed by atoms with E-state index in [4.69, 9.17) is 0 Å². The summed E-state index contributed by atoms with van der Waals surface area (Å²) in [7, 11) is 0. The SMILES string of the molecule is CC1(C(=O)O)CCN(C(=O)NC(c2ccccc2)c2ccccn2)C1. The average molecular weight is 339 g/mol. The van der Waals surface area contributed by atoms with E-state index in [0.29, 0.717) is 13.0 Å². The highest BCUT2D eigenvalue weighted by Crippen LogP contribution is 2.30. The summed E-state index contributed by atoms with van der Waals surface area (Å²) in [5.74, 6) is -0.868. The fraction of sp³-hybridized carbons (Fsp3) is 0.316. The molecule has 3 rings (SSSR count). The van der Waals surface area contributed by atoms with Crippen LogP contribution in [0.4, 0.5) is 4.79 Å². The molecule has 6 nitrogen and oxygen atoms in total. The van der Waals surface area contributed by atoms with Crippen LogP contribution in [-0.2, 0) is 4.79 Å². The zero-order valence-electron chi connectivity index (χ0n) is 14.1. The molecule has 2 N–H and O–H groups in total. The Hall–Kier alpha value is -2.89. The van der Waals surface area contributed by atoms with Crippen LogP contribution in [0.5, 0.6) is 0 Å². The van der Waals surface area contributed by atoms with Gasteiger partial charge in [-0.2, -0.15) is 0 Å². The van der Waals surface area contributed by atoms with Crippen LogP contribution in [0.3, 0.4) is 0 Å². The van der Waals surface area contributed by atoms with Crippen molar-refractivity contribution >= 4 is 12.0 Å². The molecule has 130 valence electrons. The fourth-order valence-corrected chi connectivity index (χ4v) is 3.04.